The van der Waals surface area contributed by atoms with Crippen molar-refractivity contribution in [2.45, 2.75) is 52.5 Å². The number of nitrogens with one attached hydrogen (secondary N) is 2. The molecule has 0 spiro atoms. The average molecular weight is 270 g/mol. The largest absolute Gasteiger partial charge is 0.481 e. The Morgan fingerprint density at radius 3 is 2.68 bits per heavy atom. The van der Waals surface area contributed by atoms with Crippen LogP contribution in [0.4, 0.5) is 0 Å². The van der Waals surface area contributed by atoms with Crippen LogP contribution in [0.5, 0.6) is 0 Å². The third-order valence-electron chi connectivity index (χ3n) is 4.16. The highest BCUT2D eigenvalue weighted by Gasteiger charge is 2.44. The lowest BCUT2D eigenvalue weighted by Gasteiger charge is -2.38. The second-order valence-electron chi connectivity index (χ2n) is 5.74. The summed E-state index contributed by atoms with van der Waals surface area (Å²) in [6, 6.07) is -0.254. The number of carboxylic acids is 1. The maximum absolute atomic E-state index is 12.1. The Morgan fingerprint density at radius 2 is 2.11 bits per heavy atom. The molecule has 1 amide bonds. The van der Waals surface area contributed by atoms with Gasteiger partial charge in [0, 0.05) is 18.5 Å². The number of carbonyl (C=O) groups is 2. The van der Waals surface area contributed by atoms with Crippen LogP contribution in [0.2, 0.25) is 0 Å². The van der Waals surface area contributed by atoms with Crippen LogP contribution < -0.4 is 10.6 Å². The fraction of sp³-hybridized carbons (Fsp3) is 0.857. The van der Waals surface area contributed by atoms with E-state index in [2.05, 4.69) is 10.6 Å². The number of aliphatic carboxylic acids is 1. The molecule has 110 valence electrons. The second-order valence-corrected chi connectivity index (χ2v) is 5.74. The first kappa shape index (κ1) is 16.0. The van der Waals surface area contributed by atoms with Gasteiger partial charge in [0.05, 0.1) is 5.41 Å². The van der Waals surface area contributed by atoms with Gasteiger partial charge in [-0.1, -0.05) is 26.7 Å². The molecule has 0 radical (unpaired) electrons. The third kappa shape index (κ3) is 3.93. The lowest BCUT2D eigenvalue weighted by molar-refractivity contribution is -0.152. The van der Waals surface area contributed by atoms with E-state index in [0.717, 1.165) is 25.8 Å². The quantitative estimate of drug-likeness (QED) is 0.681. The van der Waals surface area contributed by atoms with E-state index < -0.39 is 11.4 Å². The van der Waals surface area contributed by atoms with E-state index >= 15 is 0 Å². The first-order chi connectivity index (χ1) is 8.91. The molecule has 5 nitrogen and oxygen atoms in total. The van der Waals surface area contributed by atoms with Crippen molar-refractivity contribution in [3.05, 3.63) is 0 Å². The van der Waals surface area contributed by atoms with E-state index in [4.69, 9.17) is 0 Å². The molecule has 0 aliphatic heterocycles. The summed E-state index contributed by atoms with van der Waals surface area (Å²) in [4.78, 5) is 23.5. The van der Waals surface area contributed by atoms with Gasteiger partial charge in [-0.2, -0.15) is 0 Å². The molecule has 0 aromatic heterocycles. The van der Waals surface area contributed by atoms with Crippen LogP contribution in [0.1, 0.15) is 46.5 Å². The molecule has 0 aromatic carbocycles. The monoisotopic (exact) mass is 270 g/mol. The summed E-state index contributed by atoms with van der Waals surface area (Å²) in [5.74, 6) is -1.00. The van der Waals surface area contributed by atoms with Crippen molar-refractivity contribution >= 4 is 11.9 Å². The second kappa shape index (κ2) is 6.89. The highest BCUT2D eigenvalue weighted by atomic mass is 16.4. The van der Waals surface area contributed by atoms with Gasteiger partial charge in [0.1, 0.15) is 0 Å². The maximum Gasteiger partial charge on any atom is 0.311 e. The van der Waals surface area contributed by atoms with Gasteiger partial charge in [-0.25, -0.2) is 0 Å². The summed E-state index contributed by atoms with van der Waals surface area (Å²) >= 11 is 0. The van der Waals surface area contributed by atoms with Crippen molar-refractivity contribution in [3.63, 3.8) is 0 Å². The predicted molar refractivity (Wildman–Crippen MR) is 73.8 cm³/mol. The van der Waals surface area contributed by atoms with Gasteiger partial charge in [0.15, 0.2) is 0 Å². The van der Waals surface area contributed by atoms with Crippen molar-refractivity contribution in [2.24, 2.45) is 11.3 Å². The number of carboxylic acid groups (broad SMARTS) is 1. The summed E-state index contributed by atoms with van der Waals surface area (Å²) in [5, 5.41) is 15.5. The SMILES string of the molecule is CCNCC(C)C(=O)NC1CCCCC1(C)C(=O)O. The van der Waals surface area contributed by atoms with Gasteiger partial charge in [0.25, 0.3) is 0 Å². The van der Waals surface area contributed by atoms with Crippen LogP contribution in [0.25, 0.3) is 0 Å². The molecule has 0 aromatic rings. The fourth-order valence-corrected chi connectivity index (χ4v) is 2.59. The van der Waals surface area contributed by atoms with Crippen molar-refractivity contribution in [1.29, 1.82) is 0 Å². The van der Waals surface area contributed by atoms with Crippen LogP contribution in [0, 0.1) is 11.3 Å². The maximum atomic E-state index is 12.1. The molecular weight excluding hydrogens is 244 g/mol. The molecule has 1 saturated carbocycles. The molecule has 3 atom stereocenters. The summed E-state index contributed by atoms with van der Waals surface area (Å²) in [6.45, 7) is 7.05. The van der Waals surface area contributed by atoms with E-state index in [1.807, 2.05) is 13.8 Å². The Bertz CT molecular complexity index is 333. The first-order valence-corrected chi connectivity index (χ1v) is 7.16. The Labute approximate surface area is 115 Å². The minimum atomic E-state index is -0.828. The van der Waals surface area contributed by atoms with Crippen molar-refractivity contribution < 1.29 is 14.7 Å². The van der Waals surface area contributed by atoms with Gasteiger partial charge in [-0.15, -0.1) is 0 Å². The minimum Gasteiger partial charge on any atom is -0.481 e. The molecule has 1 rings (SSSR count). The molecule has 1 fully saturated rings. The van der Waals surface area contributed by atoms with Crippen LogP contribution in [-0.4, -0.2) is 36.1 Å². The number of amides is 1. The lowest BCUT2D eigenvalue weighted by atomic mass is 9.71. The van der Waals surface area contributed by atoms with Gasteiger partial charge < -0.3 is 15.7 Å². The Hall–Kier alpha value is -1.10. The predicted octanol–water partition coefficient (Wildman–Crippen LogP) is 1.38. The van der Waals surface area contributed by atoms with Gasteiger partial charge in [0.2, 0.25) is 5.91 Å². The Morgan fingerprint density at radius 1 is 1.42 bits per heavy atom. The summed E-state index contributed by atoms with van der Waals surface area (Å²) in [6.07, 6.45) is 3.29. The molecule has 1 aliphatic rings. The molecule has 3 N–H and O–H groups in total. The Balaban J connectivity index is 2.62. The topological polar surface area (TPSA) is 78.4 Å². The van der Waals surface area contributed by atoms with Gasteiger partial charge in [-0.3, -0.25) is 9.59 Å². The summed E-state index contributed by atoms with van der Waals surface area (Å²) in [7, 11) is 0. The number of hydrogen-bond acceptors (Lipinski definition) is 3. The van der Waals surface area contributed by atoms with Crippen molar-refractivity contribution in [3.8, 4) is 0 Å². The standard InChI is InChI=1S/C14H26N2O3/c1-4-15-9-10(2)12(17)16-11-7-5-6-8-14(11,3)13(18)19/h10-11,15H,4-9H2,1-3H3,(H,16,17)(H,18,19). The zero-order valence-electron chi connectivity index (χ0n) is 12.2. The Kier molecular flexibility index (Phi) is 5.79. The van der Waals surface area contributed by atoms with E-state index in [1.54, 1.807) is 6.92 Å². The molecule has 5 heteroatoms. The van der Waals surface area contributed by atoms with E-state index in [1.165, 1.54) is 0 Å². The third-order valence-corrected chi connectivity index (χ3v) is 4.16. The highest BCUT2D eigenvalue weighted by Crippen LogP contribution is 2.36. The smallest absolute Gasteiger partial charge is 0.311 e. The van der Waals surface area contributed by atoms with Crippen molar-refractivity contribution in [2.75, 3.05) is 13.1 Å². The zero-order valence-corrected chi connectivity index (χ0v) is 12.2. The molecule has 0 bridgehead atoms. The molecule has 0 heterocycles. The van der Waals surface area contributed by atoms with Crippen LogP contribution in [-0.2, 0) is 9.59 Å². The molecule has 19 heavy (non-hydrogen) atoms. The molecule has 1 aliphatic carbocycles. The highest BCUT2D eigenvalue weighted by molar-refractivity contribution is 5.81. The van der Waals surface area contributed by atoms with Crippen molar-refractivity contribution in [1.82, 2.24) is 10.6 Å². The van der Waals surface area contributed by atoms with E-state index in [9.17, 15) is 14.7 Å². The number of carbonyl (C=O) groups excluding carboxylic acids is 1. The van der Waals surface area contributed by atoms with E-state index in [0.29, 0.717) is 13.0 Å². The van der Waals surface area contributed by atoms with Crippen LogP contribution in [0.15, 0.2) is 0 Å². The number of rotatable bonds is 6. The van der Waals surface area contributed by atoms with Gasteiger partial charge >= 0.3 is 5.97 Å². The molecule has 0 saturated heterocycles. The summed E-state index contributed by atoms with van der Waals surface area (Å²) < 4.78 is 0. The normalized spacial score (nSPS) is 28.7. The fourth-order valence-electron chi connectivity index (χ4n) is 2.59. The molecular formula is C14H26N2O3. The lowest BCUT2D eigenvalue weighted by Crippen LogP contribution is -2.53. The van der Waals surface area contributed by atoms with E-state index in [-0.39, 0.29) is 17.9 Å². The average Bonchev–Trinajstić information content (AvgIpc) is 2.38. The zero-order chi connectivity index (χ0) is 14.5. The van der Waals surface area contributed by atoms with Crippen LogP contribution in [0.3, 0.4) is 0 Å². The van der Waals surface area contributed by atoms with Crippen LogP contribution >= 0.6 is 0 Å². The minimum absolute atomic E-state index is 0.0553. The number of hydrogen-bond donors (Lipinski definition) is 3. The molecule has 3 unspecified atom stereocenters. The van der Waals surface area contributed by atoms with Gasteiger partial charge in [-0.05, 0) is 26.3 Å². The first-order valence-electron chi connectivity index (χ1n) is 7.16. The summed E-state index contributed by atoms with van der Waals surface area (Å²) in [5.41, 5.74) is -0.828.